The first-order valence-electron chi connectivity index (χ1n) is 10.2. The van der Waals surface area contributed by atoms with Gasteiger partial charge in [0.15, 0.2) is 11.5 Å². The van der Waals surface area contributed by atoms with Crippen molar-refractivity contribution in [2.75, 3.05) is 41.7 Å². The van der Waals surface area contributed by atoms with Gasteiger partial charge in [0.05, 0.1) is 52.8 Å². The summed E-state index contributed by atoms with van der Waals surface area (Å²) in [5, 5.41) is 3.06. The summed E-state index contributed by atoms with van der Waals surface area (Å²) < 4.78 is 31.9. The number of methoxy groups -OCH3 is 4. The normalized spacial score (nSPS) is 15.7. The number of carbonyl (C=O) groups is 2. The van der Waals surface area contributed by atoms with Gasteiger partial charge in [0, 0.05) is 35.9 Å². The van der Waals surface area contributed by atoms with E-state index >= 15 is 0 Å². The first-order valence-corrected chi connectivity index (χ1v) is 10.2. The predicted molar refractivity (Wildman–Crippen MR) is 117 cm³/mol. The minimum absolute atomic E-state index is 0.156. The largest absolute Gasteiger partial charge is 0.493 e. The van der Waals surface area contributed by atoms with Crippen LogP contribution in [0.25, 0.3) is 0 Å². The van der Waals surface area contributed by atoms with Crippen molar-refractivity contribution in [1.82, 2.24) is 5.32 Å². The van der Waals surface area contributed by atoms with Gasteiger partial charge >= 0.3 is 11.9 Å². The molecule has 0 radical (unpaired) electrons. The van der Waals surface area contributed by atoms with Crippen LogP contribution in [0.3, 0.4) is 0 Å². The van der Waals surface area contributed by atoms with Crippen LogP contribution in [0.2, 0.25) is 0 Å². The molecule has 1 unspecified atom stereocenters. The third-order valence-corrected chi connectivity index (χ3v) is 5.10. The molecule has 9 nitrogen and oxygen atoms in total. The van der Waals surface area contributed by atoms with Gasteiger partial charge in [0.25, 0.3) is 0 Å². The maximum Gasteiger partial charge on any atom is 0.336 e. The molecule has 0 amide bonds. The van der Waals surface area contributed by atoms with E-state index in [1.165, 1.54) is 28.4 Å². The molecule has 0 aliphatic carbocycles. The van der Waals surface area contributed by atoms with E-state index in [4.69, 9.17) is 28.4 Å². The summed E-state index contributed by atoms with van der Waals surface area (Å²) >= 11 is 0. The molecule has 0 bridgehead atoms. The zero-order valence-corrected chi connectivity index (χ0v) is 19.6. The fourth-order valence-electron chi connectivity index (χ4n) is 3.61. The molecule has 0 aromatic heterocycles. The molecule has 0 saturated heterocycles. The van der Waals surface area contributed by atoms with Gasteiger partial charge in [0.2, 0.25) is 5.75 Å². The van der Waals surface area contributed by atoms with Crippen LogP contribution < -0.4 is 24.3 Å². The summed E-state index contributed by atoms with van der Waals surface area (Å²) in [7, 11) is 5.90. The van der Waals surface area contributed by atoms with Crippen molar-refractivity contribution < 1.29 is 38.0 Å². The maximum absolute atomic E-state index is 12.7. The molecule has 0 fully saturated rings. The molecule has 2 rings (SSSR count). The fraction of sp³-hybridized carbons (Fsp3) is 0.478. The average Bonchev–Trinajstić information content (AvgIpc) is 2.77. The van der Waals surface area contributed by atoms with Crippen LogP contribution in [-0.4, -0.2) is 53.6 Å². The first-order chi connectivity index (χ1) is 15.3. The summed E-state index contributed by atoms with van der Waals surface area (Å²) in [6.45, 7) is 5.80. The molecule has 0 saturated carbocycles. The second kappa shape index (κ2) is 11.3. The molecule has 0 spiro atoms. The highest BCUT2D eigenvalue weighted by atomic mass is 16.5. The van der Waals surface area contributed by atoms with Gasteiger partial charge < -0.3 is 33.7 Å². The smallest absolute Gasteiger partial charge is 0.336 e. The first kappa shape index (κ1) is 24.9. The van der Waals surface area contributed by atoms with Crippen LogP contribution in [0.5, 0.6) is 23.0 Å². The number of carbonyl (C=O) groups excluding carboxylic acids is 2. The third-order valence-electron chi connectivity index (χ3n) is 5.10. The minimum atomic E-state index is -0.482. The zero-order valence-electron chi connectivity index (χ0n) is 19.6. The van der Waals surface area contributed by atoms with E-state index < -0.39 is 17.9 Å². The summed E-state index contributed by atoms with van der Waals surface area (Å²) in [5.74, 6) is 0.594. The average molecular weight is 450 g/mol. The second-order valence-electron chi connectivity index (χ2n) is 7.11. The molecule has 1 heterocycles. The molecule has 9 heteroatoms. The Kier molecular flexibility index (Phi) is 8.80. The highest BCUT2D eigenvalue weighted by molar-refractivity contribution is 5.97. The van der Waals surface area contributed by atoms with E-state index in [0.717, 1.165) is 0 Å². The number of allylic oxidation sites excluding steroid dienone is 2. The Morgan fingerprint density at radius 3 is 1.94 bits per heavy atom. The summed E-state index contributed by atoms with van der Waals surface area (Å²) in [6, 6.07) is 3.39. The molecule has 1 aromatic rings. The van der Waals surface area contributed by atoms with Gasteiger partial charge in [-0.2, -0.15) is 0 Å². The van der Waals surface area contributed by atoms with Gasteiger partial charge in [-0.05, 0) is 13.8 Å². The molecule has 1 aromatic carbocycles. The highest BCUT2D eigenvalue weighted by Gasteiger charge is 2.33. The molecule has 1 aliphatic rings. The lowest BCUT2D eigenvalue weighted by Crippen LogP contribution is -2.32. The number of hydrogen-bond acceptors (Lipinski definition) is 9. The lowest BCUT2D eigenvalue weighted by molar-refractivity contribution is -0.140. The maximum atomic E-state index is 12.7. The van der Waals surface area contributed by atoms with Crippen molar-refractivity contribution in [2.24, 2.45) is 5.92 Å². The highest BCUT2D eigenvalue weighted by Crippen LogP contribution is 2.40. The van der Waals surface area contributed by atoms with Gasteiger partial charge in [-0.15, -0.1) is 0 Å². The van der Waals surface area contributed by atoms with Gasteiger partial charge in [-0.3, -0.25) is 0 Å². The zero-order chi connectivity index (χ0) is 23.8. The summed E-state index contributed by atoms with van der Waals surface area (Å²) in [4.78, 5) is 24.8. The van der Waals surface area contributed by atoms with Crippen molar-refractivity contribution in [2.45, 2.75) is 27.2 Å². The lowest BCUT2D eigenvalue weighted by atomic mass is 9.87. The number of dihydropyridines is 1. The molecular weight excluding hydrogens is 418 g/mol. The Morgan fingerprint density at radius 2 is 1.44 bits per heavy atom. The van der Waals surface area contributed by atoms with Crippen molar-refractivity contribution in [3.05, 3.63) is 34.7 Å². The quantitative estimate of drug-likeness (QED) is 0.427. The van der Waals surface area contributed by atoms with E-state index in [0.29, 0.717) is 58.6 Å². The van der Waals surface area contributed by atoms with E-state index in [-0.39, 0.29) is 6.61 Å². The van der Waals surface area contributed by atoms with Crippen LogP contribution in [-0.2, 0) is 19.1 Å². The van der Waals surface area contributed by atoms with Crippen LogP contribution in [0, 0.1) is 5.92 Å². The molecule has 32 heavy (non-hydrogen) atoms. The molecular formula is C23H31NO8. The van der Waals surface area contributed by atoms with Gasteiger partial charge in [-0.1, -0.05) is 6.92 Å². The van der Waals surface area contributed by atoms with Crippen molar-refractivity contribution in [1.29, 1.82) is 0 Å². The third kappa shape index (κ3) is 5.46. The Labute approximate surface area is 188 Å². The number of esters is 2. The van der Waals surface area contributed by atoms with E-state index in [1.54, 1.807) is 32.9 Å². The minimum Gasteiger partial charge on any atom is -0.493 e. The number of rotatable bonds is 10. The van der Waals surface area contributed by atoms with Crippen molar-refractivity contribution >= 4 is 11.9 Å². The van der Waals surface area contributed by atoms with Crippen LogP contribution >= 0.6 is 0 Å². The lowest BCUT2D eigenvalue weighted by Gasteiger charge is -2.27. The molecule has 1 aliphatic heterocycles. The predicted octanol–water partition coefficient (Wildman–Crippen LogP) is 2.98. The molecule has 176 valence electrons. The topological polar surface area (TPSA) is 102 Å². The number of hydrogen-bond donors (Lipinski definition) is 1. The van der Waals surface area contributed by atoms with E-state index in [1.807, 2.05) is 0 Å². The van der Waals surface area contributed by atoms with Gasteiger partial charge in [0.1, 0.15) is 5.75 Å². The Hall–Kier alpha value is -3.36. The SMILES string of the molecule is COC(=O)C1=C(C)NC(C)=C(C(=O)OCCCOc2cc(OC)c(OC)c(OC)c2)C1C. The molecule has 1 N–H and O–H groups in total. The monoisotopic (exact) mass is 449 g/mol. The Balaban J connectivity index is 1.93. The number of benzene rings is 1. The molecule has 1 atom stereocenters. The van der Waals surface area contributed by atoms with Crippen LogP contribution in [0.15, 0.2) is 34.7 Å². The fourth-order valence-corrected chi connectivity index (χ4v) is 3.61. The summed E-state index contributed by atoms with van der Waals surface area (Å²) in [5.41, 5.74) is 2.14. The number of ether oxygens (including phenoxy) is 6. The van der Waals surface area contributed by atoms with Crippen LogP contribution in [0.4, 0.5) is 0 Å². The van der Waals surface area contributed by atoms with Gasteiger partial charge in [-0.25, -0.2) is 9.59 Å². The Bertz CT molecular complexity index is 894. The standard InChI is InChI=1S/C23H31NO8/c1-13-19(22(25)30-7)14(2)24-15(3)20(13)23(26)32-10-8-9-31-16-11-17(27-4)21(29-6)18(12-16)28-5/h11-13,24H,8-10H2,1-7H3. The summed E-state index contributed by atoms with van der Waals surface area (Å²) in [6.07, 6.45) is 0.468. The Morgan fingerprint density at radius 1 is 0.875 bits per heavy atom. The number of nitrogens with one attached hydrogen (secondary N) is 1. The van der Waals surface area contributed by atoms with E-state index in [9.17, 15) is 9.59 Å². The second-order valence-corrected chi connectivity index (χ2v) is 7.11. The van der Waals surface area contributed by atoms with Crippen molar-refractivity contribution in [3.8, 4) is 23.0 Å². The van der Waals surface area contributed by atoms with E-state index in [2.05, 4.69) is 5.32 Å². The van der Waals surface area contributed by atoms with Crippen LogP contribution in [0.1, 0.15) is 27.2 Å². The van der Waals surface area contributed by atoms with Crippen molar-refractivity contribution in [3.63, 3.8) is 0 Å².